The topological polar surface area (TPSA) is 63.6 Å². The number of benzene rings is 1. The van der Waals surface area contributed by atoms with Gasteiger partial charge in [0.05, 0.1) is 6.42 Å². The Hall–Kier alpha value is -2.10. The van der Waals surface area contributed by atoms with Crippen LogP contribution in [0.3, 0.4) is 0 Å². The van der Waals surface area contributed by atoms with Gasteiger partial charge in [-0.1, -0.05) is 24.3 Å². The Bertz CT molecular complexity index is 495. The third-order valence-corrected chi connectivity index (χ3v) is 2.13. The van der Waals surface area contributed by atoms with Gasteiger partial charge in [0.25, 0.3) is 0 Å². The molecule has 0 atom stereocenters. The Labute approximate surface area is 112 Å². The first kappa shape index (κ1) is 15.0. The summed E-state index contributed by atoms with van der Waals surface area (Å²) in [5, 5.41) is 8.71. The highest BCUT2D eigenvalue weighted by Crippen LogP contribution is 2.10. The van der Waals surface area contributed by atoms with E-state index < -0.39 is 17.5 Å². The highest BCUT2D eigenvalue weighted by atomic mass is 16.6. The molecule has 0 spiro atoms. The first-order chi connectivity index (χ1) is 8.76. The van der Waals surface area contributed by atoms with Gasteiger partial charge in [0.2, 0.25) is 0 Å². The van der Waals surface area contributed by atoms with E-state index in [0.717, 1.165) is 5.56 Å². The van der Waals surface area contributed by atoms with E-state index in [1.807, 2.05) is 0 Å². The monoisotopic (exact) mass is 262 g/mol. The van der Waals surface area contributed by atoms with Gasteiger partial charge in [0.15, 0.2) is 0 Å². The van der Waals surface area contributed by atoms with Crippen LogP contribution in [0.25, 0.3) is 6.08 Å². The van der Waals surface area contributed by atoms with Crippen LogP contribution >= 0.6 is 0 Å². The average molecular weight is 262 g/mol. The summed E-state index contributed by atoms with van der Waals surface area (Å²) in [7, 11) is 0. The van der Waals surface area contributed by atoms with Gasteiger partial charge in [-0.3, -0.25) is 4.79 Å². The minimum Gasteiger partial charge on any atom is -0.481 e. The third kappa shape index (κ3) is 6.41. The predicted molar refractivity (Wildman–Crippen MR) is 72.7 cm³/mol. The standard InChI is InChI=1S/C15H18O4/c1-15(2,3)19-14(18)8-7-11-5-4-6-12(9-11)10-13(16)17/h4-9H,10H2,1-3H3,(H,16,17)/b8-7+. The van der Waals surface area contributed by atoms with Gasteiger partial charge in [0, 0.05) is 6.08 Å². The summed E-state index contributed by atoms with van der Waals surface area (Å²) >= 11 is 0. The maximum absolute atomic E-state index is 11.5. The van der Waals surface area contributed by atoms with Crippen molar-refractivity contribution in [3.63, 3.8) is 0 Å². The van der Waals surface area contributed by atoms with Gasteiger partial charge in [-0.25, -0.2) is 4.79 Å². The third-order valence-electron chi connectivity index (χ3n) is 2.13. The number of carbonyl (C=O) groups excluding carboxylic acids is 1. The van der Waals surface area contributed by atoms with Crippen molar-refractivity contribution in [3.8, 4) is 0 Å². The lowest BCUT2D eigenvalue weighted by Gasteiger charge is -2.17. The molecule has 0 amide bonds. The molecule has 0 aromatic heterocycles. The summed E-state index contributed by atoms with van der Waals surface area (Å²) in [5.74, 6) is -1.30. The fourth-order valence-electron chi connectivity index (χ4n) is 1.48. The van der Waals surface area contributed by atoms with Crippen molar-refractivity contribution in [2.24, 2.45) is 0 Å². The molecule has 0 saturated carbocycles. The molecule has 0 unspecified atom stereocenters. The Morgan fingerprint density at radius 2 is 2.00 bits per heavy atom. The van der Waals surface area contributed by atoms with Gasteiger partial charge in [-0.05, 0) is 38.0 Å². The summed E-state index contributed by atoms with van der Waals surface area (Å²) in [6.45, 7) is 5.39. The Kier molecular flexibility index (Phi) is 4.87. The molecule has 1 aromatic rings. The lowest BCUT2D eigenvalue weighted by Crippen LogP contribution is -2.22. The number of carbonyl (C=O) groups is 2. The van der Waals surface area contributed by atoms with Crippen molar-refractivity contribution in [1.29, 1.82) is 0 Å². The van der Waals surface area contributed by atoms with E-state index in [4.69, 9.17) is 9.84 Å². The largest absolute Gasteiger partial charge is 0.481 e. The number of carboxylic acids is 1. The Morgan fingerprint density at radius 3 is 2.58 bits per heavy atom. The van der Waals surface area contributed by atoms with Crippen LogP contribution in [0.4, 0.5) is 0 Å². The molecule has 0 saturated heterocycles. The number of ether oxygens (including phenoxy) is 1. The molecule has 19 heavy (non-hydrogen) atoms. The SMILES string of the molecule is CC(C)(C)OC(=O)/C=C/c1cccc(CC(=O)O)c1. The van der Waals surface area contributed by atoms with Crippen molar-refractivity contribution >= 4 is 18.0 Å². The zero-order valence-electron chi connectivity index (χ0n) is 11.3. The van der Waals surface area contributed by atoms with E-state index in [1.165, 1.54) is 6.08 Å². The van der Waals surface area contributed by atoms with E-state index in [0.29, 0.717) is 5.56 Å². The molecule has 0 aliphatic heterocycles. The summed E-state index contributed by atoms with van der Waals surface area (Å²) in [4.78, 5) is 22.1. The summed E-state index contributed by atoms with van der Waals surface area (Å²) in [6.07, 6.45) is 2.92. The molecule has 0 radical (unpaired) electrons. The Morgan fingerprint density at radius 1 is 1.32 bits per heavy atom. The maximum atomic E-state index is 11.5. The molecular weight excluding hydrogens is 244 g/mol. The summed E-state index contributed by atoms with van der Waals surface area (Å²) in [5.41, 5.74) is 0.940. The van der Waals surface area contributed by atoms with Gasteiger partial charge in [-0.2, -0.15) is 0 Å². The van der Waals surface area contributed by atoms with E-state index >= 15 is 0 Å². The highest BCUT2D eigenvalue weighted by Gasteiger charge is 2.13. The summed E-state index contributed by atoms with van der Waals surface area (Å²) in [6, 6.07) is 7.02. The first-order valence-electron chi connectivity index (χ1n) is 5.98. The lowest BCUT2D eigenvalue weighted by atomic mass is 10.1. The average Bonchev–Trinajstić information content (AvgIpc) is 2.23. The number of hydrogen-bond donors (Lipinski definition) is 1. The molecule has 4 heteroatoms. The molecule has 0 heterocycles. The quantitative estimate of drug-likeness (QED) is 0.669. The van der Waals surface area contributed by atoms with E-state index in [-0.39, 0.29) is 6.42 Å². The number of hydrogen-bond acceptors (Lipinski definition) is 3. The van der Waals surface area contributed by atoms with Crippen LogP contribution in [0.15, 0.2) is 30.3 Å². The smallest absolute Gasteiger partial charge is 0.331 e. The normalized spacial score (nSPS) is 11.5. The molecule has 0 bridgehead atoms. The number of rotatable bonds is 4. The van der Waals surface area contributed by atoms with Crippen molar-refractivity contribution in [3.05, 3.63) is 41.5 Å². The van der Waals surface area contributed by atoms with Crippen LogP contribution < -0.4 is 0 Å². The van der Waals surface area contributed by atoms with Crippen molar-refractivity contribution in [2.45, 2.75) is 32.8 Å². The molecule has 102 valence electrons. The first-order valence-corrected chi connectivity index (χ1v) is 5.98. The highest BCUT2D eigenvalue weighted by molar-refractivity contribution is 5.87. The van der Waals surface area contributed by atoms with Crippen LogP contribution in [0.5, 0.6) is 0 Å². The van der Waals surface area contributed by atoms with Crippen molar-refractivity contribution < 1.29 is 19.4 Å². The molecule has 4 nitrogen and oxygen atoms in total. The molecular formula is C15H18O4. The number of aliphatic carboxylic acids is 1. The minimum absolute atomic E-state index is 0.0336. The minimum atomic E-state index is -0.881. The van der Waals surface area contributed by atoms with Crippen LogP contribution in [-0.2, 0) is 20.7 Å². The van der Waals surface area contributed by atoms with E-state index in [1.54, 1.807) is 51.1 Å². The summed E-state index contributed by atoms with van der Waals surface area (Å²) < 4.78 is 5.13. The van der Waals surface area contributed by atoms with Crippen LogP contribution in [0.1, 0.15) is 31.9 Å². The van der Waals surface area contributed by atoms with Crippen LogP contribution in [0, 0.1) is 0 Å². The van der Waals surface area contributed by atoms with Crippen molar-refractivity contribution in [1.82, 2.24) is 0 Å². The molecule has 1 aromatic carbocycles. The molecule has 1 rings (SSSR count). The number of carboxylic acid groups (broad SMARTS) is 1. The molecule has 0 aliphatic rings. The second kappa shape index (κ2) is 6.18. The van der Waals surface area contributed by atoms with Gasteiger partial charge < -0.3 is 9.84 Å². The van der Waals surface area contributed by atoms with Gasteiger partial charge in [-0.15, -0.1) is 0 Å². The zero-order chi connectivity index (χ0) is 14.5. The van der Waals surface area contributed by atoms with Crippen LogP contribution in [0.2, 0.25) is 0 Å². The zero-order valence-corrected chi connectivity index (χ0v) is 11.3. The predicted octanol–water partition coefficient (Wildman–Crippen LogP) is 2.67. The second-order valence-corrected chi connectivity index (χ2v) is 5.18. The second-order valence-electron chi connectivity index (χ2n) is 5.18. The van der Waals surface area contributed by atoms with Gasteiger partial charge >= 0.3 is 11.9 Å². The van der Waals surface area contributed by atoms with E-state index in [9.17, 15) is 9.59 Å². The van der Waals surface area contributed by atoms with Gasteiger partial charge in [0.1, 0.15) is 5.60 Å². The van der Waals surface area contributed by atoms with E-state index in [2.05, 4.69) is 0 Å². The fraction of sp³-hybridized carbons (Fsp3) is 0.333. The lowest BCUT2D eigenvalue weighted by molar-refractivity contribution is -0.148. The molecule has 0 fully saturated rings. The Balaban J connectivity index is 2.71. The van der Waals surface area contributed by atoms with Crippen LogP contribution in [-0.4, -0.2) is 22.6 Å². The fourth-order valence-corrected chi connectivity index (χ4v) is 1.48. The van der Waals surface area contributed by atoms with Crippen molar-refractivity contribution in [2.75, 3.05) is 0 Å². The number of esters is 1. The maximum Gasteiger partial charge on any atom is 0.331 e. The molecule has 1 N–H and O–H groups in total. The molecule has 0 aliphatic carbocycles.